The van der Waals surface area contributed by atoms with Gasteiger partial charge in [0.05, 0.1) is 12.0 Å². The average Bonchev–Trinajstić information content (AvgIpc) is 3.42. The van der Waals surface area contributed by atoms with Crippen molar-refractivity contribution in [3.8, 4) is 5.75 Å². The van der Waals surface area contributed by atoms with Crippen LogP contribution in [0.4, 0.5) is 5.69 Å². The number of hydrogen-bond acceptors (Lipinski definition) is 6. The maximum absolute atomic E-state index is 13.2. The van der Waals surface area contributed by atoms with Gasteiger partial charge in [0, 0.05) is 51.3 Å². The van der Waals surface area contributed by atoms with Crippen LogP contribution in [0.5, 0.6) is 5.75 Å². The Bertz CT molecular complexity index is 1220. The number of ketones is 1. The predicted molar refractivity (Wildman–Crippen MR) is 153 cm³/mol. The molecule has 0 aliphatic carbocycles. The van der Waals surface area contributed by atoms with Crippen molar-refractivity contribution in [2.75, 3.05) is 51.8 Å². The number of piperidine rings is 1. The van der Waals surface area contributed by atoms with Crippen LogP contribution in [0.3, 0.4) is 0 Å². The second kappa shape index (κ2) is 12.2. The van der Waals surface area contributed by atoms with Crippen molar-refractivity contribution in [2.45, 2.75) is 70.2 Å². The van der Waals surface area contributed by atoms with Crippen molar-refractivity contribution in [3.05, 3.63) is 52.6 Å². The first-order valence-electron chi connectivity index (χ1n) is 13.8. The van der Waals surface area contributed by atoms with E-state index in [1.807, 2.05) is 0 Å². The molecule has 2 aromatic carbocycles. The molecule has 4 rings (SSSR count). The Hall–Kier alpha value is -2.42. The van der Waals surface area contributed by atoms with Gasteiger partial charge in [0.15, 0.2) is 0 Å². The van der Waals surface area contributed by atoms with Gasteiger partial charge in [0.2, 0.25) is 10.0 Å². The molecule has 0 N–H and O–H groups in total. The van der Waals surface area contributed by atoms with Crippen LogP contribution in [-0.4, -0.2) is 76.3 Å². The minimum Gasteiger partial charge on any atom is -0.497 e. The van der Waals surface area contributed by atoms with Crippen molar-refractivity contribution in [1.82, 2.24) is 9.21 Å². The van der Waals surface area contributed by atoms with Gasteiger partial charge >= 0.3 is 0 Å². The van der Waals surface area contributed by atoms with E-state index in [4.69, 9.17) is 4.74 Å². The van der Waals surface area contributed by atoms with Gasteiger partial charge in [-0.05, 0) is 100.0 Å². The molecule has 0 spiro atoms. The number of methoxy groups -OCH3 is 1. The monoisotopic (exact) mass is 541 g/mol. The third kappa shape index (κ3) is 6.41. The zero-order valence-corrected chi connectivity index (χ0v) is 24.4. The van der Waals surface area contributed by atoms with Crippen molar-refractivity contribution >= 4 is 21.5 Å². The molecule has 8 heteroatoms. The van der Waals surface area contributed by atoms with Crippen molar-refractivity contribution in [2.24, 2.45) is 0 Å². The maximum Gasteiger partial charge on any atom is 0.243 e. The summed E-state index contributed by atoms with van der Waals surface area (Å²) >= 11 is 0. The first-order valence-corrected chi connectivity index (χ1v) is 15.3. The lowest BCUT2D eigenvalue weighted by atomic mass is 9.99. The normalized spacial score (nSPS) is 17.4. The lowest BCUT2D eigenvalue weighted by molar-refractivity contribution is -0.118. The summed E-state index contributed by atoms with van der Waals surface area (Å²) in [4.78, 5) is 18.2. The highest BCUT2D eigenvalue weighted by Gasteiger charge is 2.28. The zero-order valence-electron chi connectivity index (χ0n) is 23.6. The largest absolute Gasteiger partial charge is 0.497 e. The van der Waals surface area contributed by atoms with Crippen molar-refractivity contribution in [3.63, 3.8) is 0 Å². The molecule has 2 aliphatic heterocycles. The van der Waals surface area contributed by atoms with E-state index in [1.165, 1.54) is 61.4 Å². The molecule has 2 aromatic rings. The third-order valence-corrected chi connectivity index (χ3v) is 10.3. The molecule has 2 aliphatic rings. The van der Waals surface area contributed by atoms with E-state index in [9.17, 15) is 13.2 Å². The van der Waals surface area contributed by atoms with Crippen LogP contribution in [0, 0.1) is 20.8 Å². The first-order chi connectivity index (χ1) is 18.1. The van der Waals surface area contributed by atoms with Gasteiger partial charge in [-0.3, -0.25) is 4.79 Å². The smallest absolute Gasteiger partial charge is 0.243 e. The predicted octanol–water partition coefficient (Wildman–Crippen LogP) is 4.51. The van der Waals surface area contributed by atoms with E-state index < -0.39 is 10.0 Å². The molecule has 0 unspecified atom stereocenters. The second-order valence-corrected chi connectivity index (χ2v) is 12.9. The fraction of sp³-hybridized carbons (Fsp3) is 0.567. The standard InChI is InChI=1S/C30H43N3O4S/c1-22-18-25(8-9-29(22)33-16-10-26(11-17-33)32-13-6-7-14-32)21-27(34)12-15-31(4)38(35,36)30-23(2)19-28(37-5)20-24(30)3/h8-9,18-20,26H,6-7,10-17,21H2,1-5H3. The summed E-state index contributed by atoms with van der Waals surface area (Å²) in [6.45, 7) is 10.5. The number of Topliss-reactive ketones (excluding diaryl/α,β-unsaturated/α-hetero) is 1. The number of ether oxygens (including phenoxy) is 1. The number of nitrogens with zero attached hydrogens (tertiary/aromatic N) is 3. The minimum absolute atomic E-state index is 0.0359. The Balaban J connectivity index is 1.31. The molecule has 0 bridgehead atoms. The quantitative estimate of drug-likeness (QED) is 0.441. The number of carbonyl (C=O) groups excluding carboxylic acids is 1. The number of anilines is 1. The summed E-state index contributed by atoms with van der Waals surface area (Å²) in [5.41, 5.74) is 4.71. The van der Waals surface area contributed by atoms with Gasteiger partial charge in [-0.1, -0.05) is 12.1 Å². The molecule has 0 aromatic heterocycles. The number of hydrogen-bond donors (Lipinski definition) is 0. The van der Waals surface area contributed by atoms with Crippen LogP contribution in [0.1, 0.15) is 54.4 Å². The van der Waals surface area contributed by atoms with E-state index in [0.717, 1.165) is 24.7 Å². The topological polar surface area (TPSA) is 70.2 Å². The van der Waals surface area contributed by atoms with Crippen LogP contribution in [0.15, 0.2) is 35.2 Å². The SMILES string of the molecule is COc1cc(C)c(S(=O)(=O)N(C)CCC(=O)Cc2ccc(N3CCC(N4CCCC4)CC3)c(C)c2)c(C)c1. The van der Waals surface area contributed by atoms with Gasteiger partial charge in [-0.25, -0.2) is 12.7 Å². The number of benzene rings is 2. The highest BCUT2D eigenvalue weighted by molar-refractivity contribution is 7.89. The summed E-state index contributed by atoms with van der Waals surface area (Å²) < 4.78 is 33.0. The lowest BCUT2D eigenvalue weighted by Crippen LogP contribution is -2.44. The summed E-state index contributed by atoms with van der Waals surface area (Å²) in [5.74, 6) is 0.665. The Morgan fingerprint density at radius 1 is 0.974 bits per heavy atom. The highest BCUT2D eigenvalue weighted by atomic mass is 32.2. The van der Waals surface area contributed by atoms with E-state index in [2.05, 4.69) is 34.9 Å². The van der Waals surface area contributed by atoms with Crippen LogP contribution in [0.25, 0.3) is 0 Å². The van der Waals surface area contributed by atoms with Crippen LogP contribution >= 0.6 is 0 Å². The van der Waals surface area contributed by atoms with E-state index in [-0.39, 0.29) is 23.6 Å². The Morgan fingerprint density at radius 2 is 1.61 bits per heavy atom. The third-order valence-electron chi connectivity index (χ3n) is 8.17. The molecular weight excluding hydrogens is 498 g/mol. The van der Waals surface area contributed by atoms with Crippen LogP contribution in [0.2, 0.25) is 0 Å². The summed E-state index contributed by atoms with van der Waals surface area (Å²) in [5, 5.41) is 0. The number of likely N-dealkylation sites (tertiary alicyclic amines) is 1. The number of sulfonamides is 1. The second-order valence-electron chi connectivity index (χ2n) is 11.0. The molecule has 2 saturated heterocycles. The zero-order chi connectivity index (χ0) is 27.4. The molecule has 2 heterocycles. The summed E-state index contributed by atoms with van der Waals surface area (Å²) in [6.07, 6.45) is 5.60. The first kappa shape index (κ1) is 28.6. The summed E-state index contributed by atoms with van der Waals surface area (Å²) in [7, 11) is -0.609. The van der Waals surface area contributed by atoms with E-state index >= 15 is 0 Å². The molecule has 0 atom stereocenters. The minimum atomic E-state index is -3.71. The number of rotatable bonds is 10. The molecule has 0 saturated carbocycles. The van der Waals surface area contributed by atoms with Crippen molar-refractivity contribution in [1.29, 1.82) is 0 Å². The van der Waals surface area contributed by atoms with E-state index in [0.29, 0.717) is 23.3 Å². The van der Waals surface area contributed by atoms with Crippen molar-refractivity contribution < 1.29 is 17.9 Å². The lowest BCUT2D eigenvalue weighted by Gasteiger charge is -2.38. The fourth-order valence-corrected chi connectivity index (χ4v) is 7.65. The van der Waals surface area contributed by atoms with Crippen LogP contribution in [-0.2, 0) is 21.2 Å². The average molecular weight is 542 g/mol. The van der Waals surface area contributed by atoms with Gasteiger partial charge in [-0.2, -0.15) is 0 Å². The maximum atomic E-state index is 13.2. The molecular formula is C30H43N3O4S. The van der Waals surface area contributed by atoms with Gasteiger partial charge in [0.1, 0.15) is 11.5 Å². The van der Waals surface area contributed by atoms with Gasteiger partial charge < -0.3 is 14.5 Å². The highest BCUT2D eigenvalue weighted by Crippen LogP contribution is 2.29. The number of aryl methyl sites for hydroxylation is 3. The summed E-state index contributed by atoms with van der Waals surface area (Å²) in [6, 6.07) is 10.5. The Labute approximate surface area is 228 Å². The van der Waals surface area contributed by atoms with Crippen LogP contribution < -0.4 is 9.64 Å². The fourth-order valence-electron chi connectivity index (χ4n) is 6.07. The molecule has 0 radical (unpaired) electrons. The number of carbonyl (C=O) groups is 1. The van der Waals surface area contributed by atoms with Gasteiger partial charge in [0.25, 0.3) is 0 Å². The molecule has 208 valence electrons. The van der Waals surface area contributed by atoms with E-state index in [1.54, 1.807) is 33.1 Å². The molecule has 7 nitrogen and oxygen atoms in total. The van der Waals surface area contributed by atoms with Gasteiger partial charge in [-0.15, -0.1) is 0 Å². The Morgan fingerprint density at radius 3 is 2.18 bits per heavy atom. The Kier molecular flexibility index (Phi) is 9.16. The molecule has 0 amide bonds. The molecule has 2 fully saturated rings. The molecule has 38 heavy (non-hydrogen) atoms.